The summed E-state index contributed by atoms with van der Waals surface area (Å²) in [6.45, 7) is 3.30. The molecule has 3 heterocycles. The second-order valence-corrected chi connectivity index (χ2v) is 10.2. The fourth-order valence-electron chi connectivity index (χ4n) is 4.40. The van der Waals surface area contributed by atoms with E-state index in [2.05, 4.69) is 25.0 Å². The molecular weight excluding hydrogens is 535 g/mol. The smallest absolute Gasteiger partial charge is 0.437 e. The zero-order valence-corrected chi connectivity index (χ0v) is 23.4. The zero-order valence-electron chi connectivity index (χ0n) is 23.4. The van der Waals surface area contributed by atoms with Gasteiger partial charge in [-0.25, -0.2) is 19.2 Å². The first-order chi connectivity index (χ1) is 19.8. The van der Waals surface area contributed by atoms with Crippen molar-refractivity contribution in [3.05, 3.63) is 42.0 Å². The van der Waals surface area contributed by atoms with Gasteiger partial charge >= 0.3 is 6.09 Å². The summed E-state index contributed by atoms with van der Waals surface area (Å²) in [5.41, 5.74) is 12.1. The average Bonchev–Trinajstić information content (AvgIpc) is 2.92. The lowest BCUT2D eigenvalue weighted by atomic mass is 10.1. The van der Waals surface area contributed by atoms with Gasteiger partial charge < -0.3 is 40.3 Å². The maximum absolute atomic E-state index is 15.1. The lowest BCUT2D eigenvalue weighted by molar-refractivity contribution is -0.172. The number of anilines is 1. The van der Waals surface area contributed by atoms with E-state index >= 15 is 4.39 Å². The van der Waals surface area contributed by atoms with Crippen molar-refractivity contribution in [1.29, 1.82) is 0 Å². The number of oxime groups is 1. The molecule has 2 saturated heterocycles. The van der Waals surface area contributed by atoms with Crippen LogP contribution in [0, 0.1) is 11.7 Å². The van der Waals surface area contributed by atoms with Crippen LogP contribution in [-0.4, -0.2) is 92.5 Å². The summed E-state index contributed by atoms with van der Waals surface area (Å²) in [5.74, 6) is -0.326. The molecule has 0 radical (unpaired) electrons. The van der Waals surface area contributed by atoms with Crippen molar-refractivity contribution in [2.75, 3.05) is 58.5 Å². The van der Waals surface area contributed by atoms with Crippen molar-refractivity contribution >= 4 is 23.7 Å². The number of ether oxygens (including phenoxy) is 3. The number of amides is 1. The topological polar surface area (TPSA) is 163 Å². The lowest BCUT2D eigenvalue weighted by Crippen LogP contribution is -2.48. The second-order valence-electron chi connectivity index (χ2n) is 10.2. The van der Waals surface area contributed by atoms with Gasteiger partial charge in [0.2, 0.25) is 5.95 Å². The van der Waals surface area contributed by atoms with Gasteiger partial charge in [0.25, 0.3) is 0 Å². The highest BCUT2D eigenvalue weighted by molar-refractivity contribution is 5.98. The van der Waals surface area contributed by atoms with Gasteiger partial charge in [-0.1, -0.05) is 23.4 Å². The first kappa shape index (κ1) is 30.1. The van der Waals surface area contributed by atoms with E-state index in [9.17, 15) is 4.79 Å². The third-order valence-corrected chi connectivity index (χ3v) is 6.41. The molecule has 2 unspecified atom stereocenters. The Morgan fingerprint density at radius 3 is 2.68 bits per heavy atom. The largest absolute Gasteiger partial charge is 0.443 e. The average molecular weight is 573 g/mol. The Morgan fingerprint density at radius 1 is 1.22 bits per heavy atom. The molecule has 0 spiro atoms. The number of aliphatic imine (C=N–C) groups is 1. The number of carbonyl (C=O) groups is 1. The number of aromatic nitrogens is 2. The van der Waals surface area contributed by atoms with Crippen molar-refractivity contribution < 1.29 is 28.2 Å². The van der Waals surface area contributed by atoms with Crippen molar-refractivity contribution in [2.45, 2.75) is 32.2 Å². The SMILES string of the molecule is CN(C)CC(CON=C1CN(c2ncc(-c3cccc(COC(=O)N=C(N)N)c3F)cn2)C1)COC1CCCCO1. The van der Waals surface area contributed by atoms with Crippen LogP contribution in [0.2, 0.25) is 0 Å². The summed E-state index contributed by atoms with van der Waals surface area (Å²) < 4.78 is 31.6. The summed E-state index contributed by atoms with van der Waals surface area (Å²) in [6.07, 6.45) is 5.10. The standard InChI is InChI=1S/C27H37FN8O5/c1-35(2)12-18(15-39-23-8-3-4-9-38-23)16-41-34-21-13-36(14-21)26-31-10-20(11-32-26)22-7-5-6-19(24(22)28)17-40-27(37)33-25(29)30/h5-7,10-11,18,23H,3-4,8-9,12-17H2,1-2H3,(H4,29,30,33,37). The second kappa shape index (κ2) is 14.7. The fraction of sp³-hybridized carbons (Fsp3) is 0.519. The van der Waals surface area contributed by atoms with Crippen LogP contribution in [-0.2, 0) is 25.7 Å². The molecule has 2 aliphatic rings. The van der Waals surface area contributed by atoms with Crippen LogP contribution in [0.1, 0.15) is 24.8 Å². The monoisotopic (exact) mass is 572 g/mol. The molecule has 0 bridgehead atoms. The third kappa shape index (κ3) is 9.06. The van der Waals surface area contributed by atoms with Gasteiger partial charge in [0.05, 0.1) is 25.4 Å². The molecule has 2 aromatic rings. The number of benzene rings is 1. The van der Waals surface area contributed by atoms with E-state index in [4.69, 9.17) is 30.5 Å². The predicted octanol–water partition coefficient (Wildman–Crippen LogP) is 2.11. The van der Waals surface area contributed by atoms with Gasteiger partial charge in [0.15, 0.2) is 12.2 Å². The number of nitrogens with zero attached hydrogens (tertiary/aromatic N) is 6. The summed E-state index contributed by atoms with van der Waals surface area (Å²) >= 11 is 0. The highest BCUT2D eigenvalue weighted by Gasteiger charge is 2.26. The van der Waals surface area contributed by atoms with E-state index < -0.39 is 17.9 Å². The summed E-state index contributed by atoms with van der Waals surface area (Å²) in [4.78, 5) is 33.2. The Morgan fingerprint density at radius 2 is 2.00 bits per heavy atom. The van der Waals surface area contributed by atoms with Gasteiger partial charge in [0, 0.05) is 48.2 Å². The van der Waals surface area contributed by atoms with E-state index in [0.717, 1.165) is 38.1 Å². The fourth-order valence-corrected chi connectivity index (χ4v) is 4.40. The minimum atomic E-state index is -1.00. The molecule has 1 amide bonds. The normalized spacial score (nSPS) is 17.5. The number of nitrogens with two attached hydrogens (primary N) is 2. The van der Waals surface area contributed by atoms with Gasteiger partial charge in [-0.15, -0.1) is 4.99 Å². The van der Waals surface area contributed by atoms with Crippen LogP contribution < -0.4 is 16.4 Å². The molecule has 2 atom stereocenters. The minimum absolute atomic E-state index is 0.131. The first-order valence-corrected chi connectivity index (χ1v) is 13.4. The molecule has 1 aromatic heterocycles. The number of guanidine groups is 1. The molecule has 4 N–H and O–H groups in total. The van der Waals surface area contributed by atoms with E-state index in [1.807, 2.05) is 19.0 Å². The molecule has 0 aliphatic carbocycles. The molecular formula is C27H37FN8O5. The number of carbonyl (C=O) groups excluding carboxylic acids is 1. The van der Waals surface area contributed by atoms with Gasteiger partial charge in [-0.05, 0) is 33.4 Å². The summed E-state index contributed by atoms with van der Waals surface area (Å²) in [7, 11) is 4.04. The predicted molar refractivity (Wildman–Crippen MR) is 151 cm³/mol. The molecule has 2 fully saturated rings. The first-order valence-electron chi connectivity index (χ1n) is 13.4. The quantitative estimate of drug-likeness (QED) is 0.217. The van der Waals surface area contributed by atoms with Crippen LogP contribution >= 0.6 is 0 Å². The minimum Gasteiger partial charge on any atom is -0.443 e. The maximum atomic E-state index is 15.1. The highest BCUT2D eigenvalue weighted by Crippen LogP contribution is 2.26. The van der Waals surface area contributed by atoms with Crippen molar-refractivity contribution in [1.82, 2.24) is 14.9 Å². The summed E-state index contributed by atoms with van der Waals surface area (Å²) in [5, 5.41) is 4.29. The van der Waals surface area contributed by atoms with Crippen molar-refractivity contribution in [3.63, 3.8) is 0 Å². The van der Waals surface area contributed by atoms with Crippen molar-refractivity contribution in [3.8, 4) is 11.1 Å². The Kier molecular flexibility index (Phi) is 10.8. The Labute approximate surface area is 238 Å². The van der Waals surface area contributed by atoms with Gasteiger partial charge in [0.1, 0.15) is 19.0 Å². The molecule has 14 heteroatoms. The number of halogens is 1. The lowest BCUT2D eigenvalue weighted by Gasteiger charge is -2.32. The zero-order chi connectivity index (χ0) is 29.2. The van der Waals surface area contributed by atoms with Gasteiger partial charge in [-0.3, -0.25) is 0 Å². The molecule has 13 nitrogen and oxygen atoms in total. The van der Waals surface area contributed by atoms with E-state index in [1.165, 1.54) is 6.07 Å². The molecule has 41 heavy (non-hydrogen) atoms. The van der Waals surface area contributed by atoms with Crippen molar-refractivity contribution in [2.24, 2.45) is 27.5 Å². The number of hydrogen-bond donors (Lipinski definition) is 2. The molecule has 0 saturated carbocycles. The number of rotatable bonds is 12. The van der Waals surface area contributed by atoms with Crippen LogP contribution in [0.5, 0.6) is 0 Å². The molecule has 4 rings (SSSR count). The van der Waals surface area contributed by atoms with Crippen LogP contribution in [0.4, 0.5) is 15.1 Å². The molecule has 2 aliphatic heterocycles. The van der Waals surface area contributed by atoms with Crippen LogP contribution in [0.3, 0.4) is 0 Å². The van der Waals surface area contributed by atoms with E-state index in [-0.39, 0.29) is 29.9 Å². The van der Waals surface area contributed by atoms with Gasteiger partial charge in [-0.2, -0.15) is 0 Å². The Hall–Kier alpha value is -3.88. The Balaban J connectivity index is 1.26. The highest BCUT2D eigenvalue weighted by atomic mass is 19.1. The summed E-state index contributed by atoms with van der Waals surface area (Å²) in [6, 6.07) is 4.74. The Bertz CT molecular complexity index is 1210. The van der Waals surface area contributed by atoms with Crippen LogP contribution in [0.25, 0.3) is 11.1 Å². The van der Waals surface area contributed by atoms with Crippen LogP contribution in [0.15, 0.2) is 40.7 Å². The molecule has 222 valence electrons. The third-order valence-electron chi connectivity index (χ3n) is 6.41. The number of hydrogen-bond acceptors (Lipinski definition) is 10. The van der Waals surface area contributed by atoms with E-state index in [1.54, 1.807) is 24.5 Å². The molecule has 1 aromatic carbocycles. The van der Waals surface area contributed by atoms with E-state index in [0.29, 0.717) is 37.8 Å². The maximum Gasteiger partial charge on any atom is 0.437 e.